The third kappa shape index (κ3) is 29.2. The molecule has 12 rings (SSSR count). The van der Waals surface area contributed by atoms with E-state index in [2.05, 4.69) is 21.3 Å². The van der Waals surface area contributed by atoms with Crippen molar-refractivity contribution in [3.63, 3.8) is 0 Å². The molecule has 6 amide bonds. The Hall–Kier alpha value is -8.66. The number of nitrogens with one attached hydrogen (secondary N) is 4. The average molecular weight is 1830 g/mol. The van der Waals surface area contributed by atoms with Crippen LogP contribution in [0.3, 0.4) is 0 Å². The first-order valence-corrected chi connectivity index (χ1v) is 44.1. The number of amides is 6. The van der Waals surface area contributed by atoms with Crippen molar-refractivity contribution in [2.45, 2.75) is 264 Å². The first-order chi connectivity index (χ1) is 62.7. The predicted octanol–water partition coefficient (Wildman–Crippen LogP) is 0.337. The van der Waals surface area contributed by atoms with Gasteiger partial charge in [-0.1, -0.05) is 159 Å². The van der Waals surface area contributed by atoms with E-state index in [0.29, 0.717) is 42.2 Å². The maximum atomic E-state index is 13.7. The van der Waals surface area contributed by atoms with Crippen LogP contribution in [0.25, 0.3) is 0 Å². The summed E-state index contributed by atoms with van der Waals surface area (Å²) >= 11 is 0. The summed E-state index contributed by atoms with van der Waals surface area (Å²) in [6.45, 7) is 2.19. The van der Waals surface area contributed by atoms with E-state index in [1.54, 1.807) is 91.9 Å². The van der Waals surface area contributed by atoms with Gasteiger partial charge >= 0.3 is 24.4 Å². The Morgan fingerprint density at radius 2 is 0.808 bits per heavy atom. The molecular weight excluding hydrogens is 1710 g/mol. The van der Waals surface area contributed by atoms with Crippen molar-refractivity contribution in [2.24, 2.45) is 52.2 Å². The zero-order chi connectivity index (χ0) is 92.9. The van der Waals surface area contributed by atoms with Gasteiger partial charge in [-0.3, -0.25) is 20.0 Å². The van der Waals surface area contributed by atoms with Gasteiger partial charge in [0, 0.05) is 45.1 Å². The van der Waals surface area contributed by atoms with Crippen molar-refractivity contribution in [3.8, 4) is 0 Å². The molecule has 8 aliphatic rings. The Bertz CT molecular complexity index is 4160. The van der Waals surface area contributed by atoms with E-state index in [-0.39, 0.29) is 104 Å². The molecule has 6 heterocycles. The maximum Gasteiger partial charge on any atom is 0.408 e. The van der Waals surface area contributed by atoms with Crippen molar-refractivity contribution in [3.05, 3.63) is 168 Å². The number of hydroxylamine groups is 4. The predicted molar refractivity (Wildman–Crippen MR) is 456 cm³/mol. The van der Waals surface area contributed by atoms with Crippen LogP contribution in [0.15, 0.2) is 146 Å². The topological polar surface area (TPSA) is 623 Å². The number of nitrogens with two attached hydrogens (primary N) is 6. The molecule has 2 aliphatic carbocycles. The average Bonchev–Trinajstić information content (AvgIpc) is 1.79. The SMILES string of the molecule is CC[C@@H]1C=C[C@@H](NC(=O)OCc2ccccc2)[C@@H](O[C@H]2[C@H](O[C@@H]3O[C@H](CO)[C@@H](O[C@H]4O[C@@H](CNC(=O)OCc5ccccc5)C=C[C@H]4NC(=O)OCc4ccccc4)[C@H]3O)[C@@H](O)[C@H](CC(=O)N(O)CCNC(=O)OCc3ccccc3)C[C@@H]2C)O1.NCCN(O)C(=O)C[C@@H]1C[C@H](N)[C@@H](O[C@H]2O[C@H](CN)CC[C@H]2N)[C@H](O[C@@H]2O[C@H](CO)[C@@H](O[C@H]3O[C@@H](CN)CC[C@H]3N)[C@H]2O)[C@H]1O. The molecule has 0 bridgehead atoms. The van der Waals surface area contributed by atoms with Crippen LogP contribution in [0.4, 0.5) is 19.2 Å². The van der Waals surface area contributed by atoms with Gasteiger partial charge in [0.15, 0.2) is 37.7 Å². The monoisotopic (exact) mass is 1830 g/mol. The fraction of sp³-hybridized carbons (Fsp3) is 0.614. The van der Waals surface area contributed by atoms with E-state index in [1.165, 1.54) is 0 Å². The van der Waals surface area contributed by atoms with Crippen molar-refractivity contribution in [1.82, 2.24) is 31.4 Å². The van der Waals surface area contributed by atoms with E-state index in [4.69, 9.17) is 110 Å². The Morgan fingerprint density at radius 3 is 1.25 bits per heavy atom. The lowest BCUT2D eigenvalue weighted by Crippen LogP contribution is -2.63. The molecule has 24 N–H and O–H groups in total. The molecule has 30 atom stereocenters. The molecule has 42 heteroatoms. The highest BCUT2D eigenvalue weighted by atomic mass is 16.8. The summed E-state index contributed by atoms with van der Waals surface area (Å²) in [6, 6.07) is 32.3. The number of carbonyl (C=O) groups excluding carboxylic acids is 6. The number of hydrogen-bond donors (Lipinski definition) is 18. The number of benzene rings is 4. The zero-order valence-corrected chi connectivity index (χ0v) is 72.7. The summed E-state index contributed by atoms with van der Waals surface area (Å²) in [5.74, 6) is -3.72. The summed E-state index contributed by atoms with van der Waals surface area (Å²) in [5.41, 5.74) is 39.1. The highest BCUT2D eigenvalue weighted by molar-refractivity contribution is 5.76. The molecule has 4 aromatic carbocycles. The van der Waals surface area contributed by atoms with Gasteiger partial charge in [-0.05, 0) is 85.0 Å². The van der Waals surface area contributed by atoms with Gasteiger partial charge in [0.25, 0.3) is 0 Å². The molecule has 130 heavy (non-hydrogen) atoms. The van der Waals surface area contributed by atoms with Crippen LogP contribution >= 0.6 is 0 Å². The molecular formula is C88H128N12O30. The second kappa shape index (κ2) is 51.0. The molecule has 0 unspecified atom stereocenters. The summed E-state index contributed by atoms with van der Waals surface area (Å²) in [5, 5.41) is 101. The first kappa shape index (κ1) is 102. The number of carbonyl (C=O) groups is 6. The van der Waals surface area contributed by atoms with Gasteiger partial charge in [0.05, 0.1) is 87.7 Å². The van der Waals surface area contributed by atoms with Crippen LogP contribution in [0.1, 0.15) is 93.9 Å². The van der Waals surface area contributed by atoms with Crippen LogP contribution in [0, 0.1) is 17.8 Å². The fourth-order valence-electron chi connectivity index (χ4n) is 16.5. The third-order valence-corrected chi connectivity index (χ3v) is 23.7. The number of nitrogens with zero attached hydrogens (tertiary/aromatic N) is 2. The molecule has 4 saturated heterocycles. The summed E-state index contributed by atoms with van der Waals surface area (Å²) < 4.78 is 96.2. The molecule has 0 radical (unpaired) electrons. The third-order valence-electron chi connectivity index (χ3n) is 23.7. The van der Waals surface area contributed by atoms with Crippen molar-refractivity contribution in [1.29, 1.82) is 0 Å². The minimum atomic E-state index is -1.75. The number of aliphatic hydroxyl groups excluding tert-OH is 6. The lowest BCUT2D eigenvalue weighted by molar-refractivity contribution is -0.291. The second-order valence-corrected chi connectivity index (χ2v) is 33.2. The van der Waals surface area contributed by atoms with Gasteiger partial charge in [0.2, 0.25) is 11.8 Å². The van der Waals surface area contributed by atoms with E-state index in [0.717, 1.165) is 22.3 Å². The van der Waals surface area contributed by atoms with Gasteiger partial charge in [-0.2, -0.15) is 0 Å². The summed E-state index contributed by atoms with van der Waals surface area (Å²) in [6.07, 6.45) is -19.4. The minimum absolute atomic E-state index is 0.00634. The maximum absolute atomic E-state index is 13.7. The normalized spacial score (nSPS) is 33.5. The Labute approximate surface area is 752 Å². The minimum Gasteiger partial charge on any atom is -0.445 e. The van der Waals surface area contributed by atoms with Crippen LogP contribution < -0.4 is 55.7 Å². The molecule has 0 spiro atoms. The highest BCUT2D eigenvalue weighted by Gasteiger charge is 2.56. The van der Waals surface area contributed by atoms with E-state index in [1.807, 2.05) is 67.6 Å². The smallest absolute Gasteiger partial charge is 0.408 e. The number of aliphatic hydroxyl groups is 6. The number of rotatable bonds is 38. The van der Waals surface area contributed by atoms with Gasteiger partial charge in [0.1, 0.15) is 93.4 Å². The van der Waals surface area contributed by atoms with Crippen molar-refractivity contribution < 1.29 is 146 Å². The quantitative estimate of drug-likeness (QED) is 0.0124. The summed E-state index contributed by atoms with van der Waals surface area (Å²) in [7, 11) is 0. The molecule has 6 aliphatic heterocycles. The lowest BCUT2D eigenvalue weighted by Gasteiger charge is -2.46. The molecule has 42 nitrogen and oxygen atoms in total. The van der Waals surface area contributed by atoms with E-state index >= 15 is 0 Å². The first-order valence-electron chi connectivity index (χ1n) is 44.1. The van der Waals surface area contributed by atoms with Crippen LogP contribution in [-0.4, -0.2) is 312 Å². The van der Waals surface area contributed by atoms with Crippen molar-refractivity contribution >= 4 is 36.2 Å². The van der Waals surface area contributed by atoms with Gasteiger partial charge in [-0.15, -0.1) is 0 Å². The fourth-order valence-corrected chi connectivity index (χ4v) is 16.5. The molecule has 2 saturated carbocycles. The standard InChI is InChI=1S/C61H75N5O19.C27H53N7O11/c1-3-44-24-26-46(64-60(73)78-36-41-20-12-6-13-21-41)55(80-44)83-52-38(2)30-43(31-49(68)66(75)29-28-62-58(71)76-34-39-16-8-4-9-17-39)50(69)54(52)85-57-51(70)53(48(33-67)82-57)84-56-47(65-61(74)79-37-42-22-14-7-15-23-42)27-25-45(81-56)32-63-59(72)77-35-40-18-10-5-11-19-40;28-5-6-34(39)19(36)8-12-7-17(33)22(43-25-15(31)3-1-13(9-29)40-25)24(20(12)37)45-27-21(38)23(18(11-35)42-27)44-26-16(32)4-2-14(10-30)41-26/h4-27,38,43-48,50-57,67,69-70,75H,3,28-37H2,1-2H3,(H,62,71)(H,63,72)(H,64,73)(H,65,74);12-18,20-27,35,37-39H,1-11,28-33H2/t38-,43-,44+,45+,46+,47+,48+,50-,51+,52+,53+,54+,55+,56+,57-;12-,13-,14+,15+,16+,17-,18+,20-,21+,22+,23+,24+,25+,26+,27-/m00/s1. The number of alkyl carbamates (subject to hydrolysis) is 4. The number of hydrogen-bond acceptors (Lipinski definition) is 36. The molecule has 0 aromatic heterocycles. The zero-order valence-electron chi connectivity index (χ0n) is 72.7. The lowest BCUT2D eigenvalue weighted by atomic mass is 9.74. The second-order valence-electron chi connectivity index (χ2n) is 33.2. The van der Waals surface area contributed by atoms with Gasteiger partial charge < -0.3 is 162 Å². The van der Waals surface area contributed by atoms with E-state index < -0.39 is 227 Å². The largest absolute Gasteiger partial charge is 0.445 e. The van der Waals surface area contributed by atoms with Crippen molar-refractivity contribution in [2.75, 3.05) is 59.0 Å². The Morgan fingerprint density at radius 1 is 0.423 bits per heavy atom. The number of ether oxygens (including phenoxy) is 16. The van der Waals surface area contributed by atoms with Crippen LogP contribution in [0.5, 0.6) is 0 Å². The summed E-state index contributed by atoms with van der Waals surface area (Å²) in [4.78, 5) is 78.1. The van der Waals surface area contributed by atoms with E-state index in [9.17, 15) is 69.8 Å². The molecule has 720 valence electrons. The highest BCUT2D eigenvalue weighted by Crippen LogP contribution is 2.42. The van der Waals surface area contributed by atoms with Crippen LogP contribution in [-0.2, 0) is 112 Å². The molecule has 4 aromatic rings. The van der Waals surface area contributed by atoms with Crippen LogP contribution in [0.2, 0.25) is 0 Å². The molecule has 6 fully saturated rings. The van der Waals surface area contributed by atoms with Gasteiger partial charge in [-0.25, -0.2) is 29.3 Å². The Kier molecular flexibility index (Phi) is 40.0. The Balaban J connectivity index is 0.000000304.